The van der Waals surface area contributed by atoms with Crippen LogP contribution >= 0.6 is 11.8 Å². The number of benzene rings is 2. The van der Waals surface area contributed by atoms with Crippen LogP contribution < -0.4 is 15.4 Å². The van der Waals surface area contributed by atoms with Crippen LogP contribution in [0.3, 0.4) is 0 Å². The second kappa shape index (κ2) is 8.07. The molecule has 0 aromatic heterocycles. The monoisotopic (exact) mass is 356 g/mol. The first kappa shape index (κ1) is 17.4. The molecule has 25 heavy (non-hydrogen) atoms. The van der Waals surface area contributed by atoms with E-state index in [1.54, 1.807) is 23.9 Å². The summed E-state index contributed by atoms with van der Waals surface area (Å²) in [5.41, 5.74) is 1.80. The molecule has 0 unspecified atom stereocenters. The quantitative estimate of drug-likeness (QED) is 0.781. The van der Waals surface area contributed by atoms with Crippen molar-refractivity contribution in [2.24, 2.45) is 0 Å². The van der Waals surface area contributed by atoms with Crippen LogP contribution in [0.2, 0.25) is 0 Å². The highest BCUT2D eigenvalue weighted by molar-refractivity contribution is 7.98. The number of carbonyl (C=O) groups excluding carboxylic acids is 2. The van der Waals surface area contributed by atoms with Gasteiger partial charge in [-0.2, -0.15) is 0 Å². The predicted octanol–water partition coefficient (Wildman–Crippen LogP) is 2.86. The van der Waals surface area contributed by atoms with E-state index in [2.05, 4.69) is 34.9 Å². The summed E-state index contributed by atoms with van der Waals surface area (Å²) in [5, 5.41) is 5.61. The Balaban J connectivity index is 1.47. The molecule has 1 atom stereocenters. The van der Waals surface area contributed by atoms with Crippen LogP contribution in [-0.4, -0.2) is 30.7 Å². The first-order valence-corrected chi connectivity index (χ1v) is 9.34. The van der Waals surface area contributed by atoms with Crippen LogP contribution in [0.15, 0.2) is 53.4 Å². The molecule has 2 amide bonds. The number of hydrogen-bond acceptors (Lipinski definition) is 4. The van der Waals surface area contributed by atoms with E-state index in [9.17, 15) is 9.59 Å². The summed E-state index contributed by atoms with van der Waals surface area (Å²) in [4.78, 5) is 25.3. The molecule has 130 valence electrons. The topological polar surface area (TPSA) is 67.4 Å². The number of carbonyl (C=O) groups is 2. The van der Waals surface area contributed by atoms with Gasteiger partial charge in [0, 0.05) is 11.4 Å². The second-order valence-electron chi connectivity index (χ2n) is 5.74. The summed E-state index contributed by atoms with van der Waals surface area (Å²) in [6, 6.07) is 15.5. The lowest BCUT2D eigenvalue weighted by molar-refractivity contribution is -0.130. The second-order valence-corrected chi connectivity index (χ2v) is 6.62. The maximum atomic E-state index is 12.1. The van der Waals surface area contributed by atoms with Gasteiger partial charge in [-0.3, -0.25) is 9.59 Å². The molecule has 0 saturated carbocycles. The number of anilines is 1. The van der Waals surface area contributed by atoms with Gasteiger partial charge in [0.15, 0.2) is 6.10 Å². The number of thioether (sulfide) groups is 1. The number of hydrogen-bond donors (Lipinski definition) is 2. The molecule has 1 aliphatic rings. The molecule has 2 aromatic carbocycles. The van der Waals surface area contributed by atoms with Crippen LogP contribution in [-0.2, 0) is 16.0 Å². The summed E-state index contributed by atoms with van der Waals surface area (Å²) < 4.78 is 5.63. The van der Waals surface area contributed by atoms with Crippen LogP contribution in [0.25, 0.3) is 0 Å². The van der Waals surface area contributed by atoms with Gasteiger partial charge in [0.2, 0.25) is 5.91 Å². The molecule has 2 aromatic rings. The minimum Gasteiger partial charge on any atom is -0.478 e. The van der Waals surface area contributed by atoms with Gasteiger partial charge < -0.3 is 15.4 Å². The van der Waals surface area contributed by atoms with Crippen molar-refractivity contribution in [1.82, 2.24) is 5.32 Å². The minimum atomic E-state index is -0.796. The molecule has 0 fully saturated rings. The highest BCUT2D eigenvalue weighted by Gasteiger charge is 2.29. The highest BCUT2D eigenvalue weighted by Crippen LogP contribution is 2.29. The summed E-state index contributed by atoms with van der Waals surface area (Å²) in [6.07, 6.45) is 2.00. The van der Waals surface area contributed by atoms with Crippen LogP contribution in [0.1, 0.15) is 12.0 Å². The first-order valence-electron chi connectivity index (χ1n) is 8.12. The zero-order valence-corrected chi connectivity index (χ0v) is 14.8. The van der Waals surface area contributed by atoms with Gasteiger partial charge in [0.1, 0.15) is 5.75 Å². The molecule has 0 radical (unpaired) electrons. The smallest absolute Gasteiger partial charge is 0.266 e. The maximum Gasteiger partial charge on any atom is 0.266 e. The fourth-order valence-electron chi connectivity index (χ4n) is 2.61. The highest BCUT2D eigenvalue weighted by atomic mass is 32.2. The predicted molar refractivity (Wildman–Crippen MR) is 99.0 cm³/mol. The van der Waals surface area contributed by atoms with Crippen molar-refractivity contribution in [1.29, 1.82) is 0 Å². The van der Waals surface area contributed by atoms with Gasteiger partial charge in [-0.25, -0.2) is 0 Å². The average molecular weight is 356 g/mol. The Bertz CT molecular complexity index is 762. The molecule has 0 bridgehead atoms. The molecule has 5 nitrogen and oxygen atoms in total. The minimum absolute atomic E-state index is 0.00554. The van der Waals surface area contributed by atoms with Gasteiger partial charge in [-0.1, -0.05) is 24.3 Å². The molecule has 2 N–H and O–H groups in total. The van der Waals surface area contributed by atoms with Gasteiger partial charge in [-0.05, 0) is 42.5 Å². The Morgan fingerprint density at radius 2 is 1.96 bits per heavy atom. The Morgan fingerprint density at radius 3 is 2.72 bits per heavy atom. The van der Waals surface area contributed by atoms with E-state index in [-0.39, 0.29) is 18.2 Å². The lowest BCUT2D eigenvalue weighted by atomic mass is 10.1. The zero-order chi connectivity index (χ0) is 17.6. The van der Waals surface area contributed by atoms with Crippen LogP contribution in [0, 0.1) is 0 Å². The van der Waals surface area contributed by atoms with E-state index in [1.807, 2.05) is 18.4 Å². The average Bonchev–Trinajstić information content (AvgIpc) is 2.63. The van der Waals surface area contributed by atoms with Gasteiger partial charge in [0.05, 0.1) is 12.1 Å². The summed E-state index contributed by atoms with van der Waals surface area (Å²) >= 11 is 1.70. The number of nitrogens with one attached hydrogen (secondary N) is 2. The summed E-state index contributed by atoms with van der Waals surface area (Å²) in [5.74, 6) is 0.107. The number of para-hydroxylation sites is 2. The van der Waals surface area contributed by atoms with Crippen molar-refractivity contribution in [2.45, 2.75) is 23.8 Å². The third-order valence-corrected chi connectivity index (χ3v) is 4.72. The standard InChI is InChI=1S/C19H20N2O3S/c1-25-14-8-6-13(7-9-14)10-11-20-18(22)12-17-19(23)21-15-4-2-3-5-16(15)24-17/h2-9,17H,10-12H2,1H3,(H,20,22)(H,21,23)/t17-/m0/s1. The van der Waals surface area contributed by atoms with Crippen LogP contribution in [0.5, 0.6) is 5.75 Å². The van der Waals surface area contributed by atoms with E-state index in [0.717, 1.165) is 6.42 Å². The van der Waals surface area contributed by atoms with E-state index in [0.29, 0.717) is 18.0 Å². The van der Waals surface area contributed by atoms with Gasteiger partial charge in [-0.15, -0.1) is 11.8 Å². The van der Waals surface area contributed by atoms with E-state index >= 15 is 0 Å². The molecule has 0 aliphatic carbocycles. The fourth-order valence-corrected chi connectivity index (χ4v) is 3.01. The van der Waals surface area contributed by atoms with Crippen molar-refractivity contribution in [3.05, 3.63) is 54.1 Å². The van der Waals surface area contributed by atoms with E-state index in [1.165, 1.54) is 10.5 Å². The number of ether oxygens (including phenoxy) is 1. The van der Waals surface area contributed by atoms with Crippen LogP contribution in [0.4, 0.5) is 5.69 Å². The third kappa shape index (κ3) is 4.54. The zero-order valence-electron chi connectivity index (χ0n) is 14.0. The lowest BCUT2D eigenvalue weighted by Gasteiger charge is -2.25. The molecule has 1 heterocycles. The Hall–Kier alpha value is -2.47. The normalized spacial score (nSPS) is 15.7. The van der Waals surface area contributed by atoms with E-state index < -0.39 is 6.10 Å². The molecule has 6 heteroatoms. The Morgan fingerprint density at radius 1 is 1.20 bits per heavy atom. The first-order chi connectivity index (χ1) is 12.2. The van der Waals surface area contributed by atoms with Crippen molar-refractivity contribution >= 4 is 29.3 Å². The van der Waals surface area contributed by atoms with Gasteiger partial charge >= 0.3 is 0 Å². The van der Waals surface area contributed by atoms with Crippen molar-refractivity contribution in [3.8, 4) is 5.75 Å². The molecule has 0 spiro atoms. The van der Waals surface area contributed by atoms with E-state index in [4.69, 9.17) is 4.74 Å². The van der Waals surface area contributed by atoms with Crippen molar-refractivity contribution in [2.75, 3.05) is 18.1 Å². The molecule has 1 aliphatic heterocycles. The lowest BCUT2D eigenvalue weighted by Crippen LogP contribution is -2.41. The Kier molecular flexibility index (Phi) is 5.60. The SMILES string of the molecule is CSc1ccc(CCNC(=O)C[C@@H]2Oc3ccccc3NC2=O)cc1. The fraction of sp³-hybridized carbons (Fsp3) is 0.263. The number of fused-ring (bicyclic) bond motifs is 1. The van der Waals surface area contributed by atoms with Crippen molar-refractivity contribution in [3.63, 3.8) is 0 Å². The molecule has 3 rings (SSSR count). The molecule has 0 saturated heterocycles. The molecular formula is C19H20N2O3S. The van der Waals surface area contributed by atoms with Gasteiger partial charge in [0.25, 0.3) is 5.91 Å². The Labute approximate surface area is 151 Å². The maximum absolute atomic E-state index is 12.1. The number of amides is 2. The largest absolute Gasteiger partial charge is 0.478 e. The third-order valence-electron chi connectivity index (χ3n) is 3.97. The summed E-state index contributed by atoms with van der Waals surface area (Å²) in [6.45, 7) is 0.530. The molecular weight excluding hydrogens is 336 g/mol. The van der Waals surface area contributed by atoms with Crippen molar-refractivity contribution < 1.29 is 14.3 Å². The number of rotatable bonds is 6. The summed E-state index contributed by atoms with van der Waals surface area (Å²) in [7, 11) is 0.